The van der Waals surface area contributed by atoms with Gasteiger partial charge in [-0.1, -0.05) is 0 Å². The SMILES string of the molecule is Cc1cn2nc(-c3ccc4c(=O)n(C5CCNC5)ncc4n3)cc(C)c2n1. The van der Waals surface area contributed by atoms with Gasteiger partial charge in [-0.3, -0.25) is 4.79 Å². The fraction of sp³-hybridized carbons (Fsp3) is 0.316. The van der Waals surface area contributed by atoms with Crippen LogP contribution in [0.4, 0.5) is 0 Å². The molecule has 4 aromatic rings. The van der Waals surface area contributed by atoms with Gasteiger partial charge in [0.15, 0.2) is 5.65 Å². The zero-order valence-electron chi connectivity index (χ0n) is 15.2. The molecule has 1 atom stereocenters. The number of imidazole rings is 1. The summed E-state index contributed by atoms with van der Waals surface area (Å²) in [6.45, 7) is 5.63. The predicted octanol–water partition coefficient (Wildman–Crippen LogP) is 1.65. The number of pyridine rings is 1. The summed E-state index contributed by atoms with van der Waals surface area (Å²) in [4.78, 5) is 21.9. The predicted molar refractivity (Wildman–Crippen MR) is 102 cm³/mol. The van der Waals surface area contributed by atoms with Gasteiger partial charge in [0.2, 0.25) is 0 Å². The molecule has 0 spiro atoms. The van der Waals surface area contributed by atoms with E-state index in [4.69, 9.17) is 0 Å². The molecule has 0 saturated carbocycles. The summed E-state index contributed by atoms with van der Waals surface area (Å²) in [5, 5.41) is 12.8. The summed E-state index contributed by atoms with van der Waals surface area (Å²) in [5.41, 5.74) is 4.72. The molecule has 1 aliphatic heterocycles. The van der Waals surface area contributed by atoms with Crippen molar-refractivity contribution < 1.29 is 0 Å². The molecule has 1 aliphatic rings. The third-order valence-electron chi connectivity index (χ3n) is 5.04. The first kappa shape index (κ1) is 16.1. The fourth-order valence-corrected chi connectivity index (χ4v) is 3.67. The number of nitrogens with zero attached hydrogens (tertiary/aromatic N) is 6. The molecule has 1 unspecified atom stereocenters. The molecule has 5 heterocycles. The Morgan fingerprint density at radius 1 is 1.19 bits per heavy atom. The zero-order valence-corrected chi connectivity index (χ0v) is 15.2. The highest BCUT2D eigenvalue weighted by Crippen LogP contribution is 2.21. The highest BCUT2D eigenvalue weighted by molar-refractivity contribution is 5.79. The van der Waals surface area contributed by atoms with Gasteiger partial charge in [0, 0.05) is 6.54 Å². The summed E-state index contributed by atoms with van der Waals surface area (Å²) in [7, 11) is 0. The molecular weight excluding hydrogens is 342 g/mol. The maximum atomic E-state index is 12.8. The average Bonchev–Trinajstić information content (AvgIpc) is 3.31. The van der Waals surface area contributed by atoms with Gasteiger partial charge in [0.1, 0.15) is 5.69 Å². The molecule has 136 valence electrons. The number of hydrogen-bond donors (Lipinski definition) is 1. The van der Waals surface area contributed by atoms with Crippen molar-refractivity contribution in [1.29, 1.82) is 0 Å². The number of hydrogen-bond acceptors (Lipinski definition) is 6. The molecule has 0 radical (unpaired) electrons. The van der Waals surface area contributed by atoms with Crippen LogP contribution in [0.1, 0.15) is 23.7 Å². The summed E-state index contributed by atoms with van der Waals surface area (Å²) >= 11 is 0. The molecule has 0 aliphatic carbocycles. The Labute approximate surface area is 154 Å². The minimum Gasteiger partial charge on any atom is -0.315 e. The molecule has 27 heavy (non-hydrogen) atoms. The molecule has 8 nitrogen and oxygen atoms in total. The van der Waals surface area contributed by atoms with Crippen LogP contribution in [-0.4, -0.2) is 42.5 Å². The third-order valence-corrected chi connectivity index (χ3v) is 5.04. The van der Waals surface area contributed by atoms with Gasteiger partial charge in [-0.25, -0.2) is 19.2 Å². The molecule has 5 rings (SSSR count). The lowest BCUT2D eigenvalue weighted by Crippen LogP contribution is -2.28. The van der Waals surface area contributed by atoms with Gasteiger partial charge in [-0.2, -0.15) is 10.2 Å². The van der Waals surface area contributed by atoms with Crippen molar-refractivity contribution in [2.24, 2.45) is 0 Å². The van der Waals surface area contributed by atoms with Crippen LogP contribution in [0, 0.1) is 13.8 Å². The Morgan fingerprint density at radius 3 is 2.89 bits per heavy atom. The number of fused-ring (bicyclic) bond motifs is 2. The smallest absolute Gasteiger partial charge is 0.276 e. The van der Waals surface area contributed by atoms with Crippen LogP contribution in [0.2, 0.25) is 0 Å². The van der Waals surface area contributed by atoms with E-state index in [1.165, 1.54) is 0 Å². The Morgan fingerprint density at radius 2 is 2.07 bits per heavy atom. The van der Waals surface area contributed by atoms with Crippen LogP contribution >= 0.6 is 0 Å². The van der Waals surface area contributed by atoms with Gasteiger partial charge in [0.25, 0.3) is 5.56 Å². The van der Waals surface area contributed by atoms with E-state index >= 15 is 0 Å². The molecule has 1 N–H and O–H groups in total. The third kappa shape index (κ3) is 2.60. The molecule has 0 amide bonds. The van der Waals surface area contributed by atoms with E-state index in [1.54, 1.807) is 15.4 Å². The monoisotopic (exact) mass is 361 g/mol. The van der Waals surface area contributed by atoms with E-state index in [0.29, 0.717) is 16.6 Å². The van der Waals surface area contributed by atoms with E-state index in [1.807, 2.05) is 38.2 Å². The molecule has 0 aromatic carbocycles. The van der Waals surface area contributed by atoms with Crippen molar-refractivity contribution in [3.8, 4) is 11.4 Å². The maximum absolute atomic E-state index is 12.8. The van der Waals surface area contributed by atoms with Gasteiger partial charge >= 0.3 is 0 Å². The number of aryl methyl sites for hydroxylation is 2. The highest BCUT2D eigenvalue weighted by Gasteiger charge is 2.20. The normalized spacial score (nSPS) is 17.2. The first-order chi connectivity index (χ1) is 13.1. The fourth-order valence-electron chi connectivity index (χ4n) is 3.67. The second-order valence-corrected chi connectivity index (χ2v) is 7.03. The van der Waals surface area contributed by atoms with Crippen LogP contribution < -0.4 is 10.9 Å². The minimum absolute atomic E-state index is 0.0925. The molecular formula is C19H19N7O. The lowest BCUT2D eigenvalue weighted by atomic mass is 10.2. The molecule has 8 heteroatoms. The Hall–Kier alpha value is -3.13. The molecule has 4 aromatic heterocycles. The van der Waals surface area contributed by atoms with Crippen LogP contribution in [0.5, 0.6) is 0 Å². The van der Waals surface area contributed by atoms with E-state index in [-0.39, 0.29) is 11.6 Å². The Bertz CT molecular complexity index is 1230. The Kier molecular flexibility index (Phi) is 3.54. The van der Waals surface area contributed by atoms with Gasteiger partial charge in [-0.05, 0) is 50.6 Å². The van der Waals surface area contributed by atoms with E-state index in [9.17, 15) is 4.79 Å². The standard InChI is InChI=1S/C19H19N7O/c1-11-7-16(24-25-10-12(2)22-18(11)25)15-4-3-14-17(23-15)9-21-26(19(14)27)13-5-6-20-8-13/h3-4,7,9-10,13,20H,5-6,8H2,1-2H3. The first-order valence-electron chi connectivity index (χ1n) is 9.03. The lowest BCUT2D eigenvalue weighted by Gasteiger charge is -2.12. The van der Waals surface area contributed by atoms with Gasteiger partial charge < -0.3 is 5.32 Å². The van der Waals surface area contributed by atoms with Crippen molar-refractivity contribution in [3.63, 3.8) is 0 Å². The summed E-state index contributed by atoms with van der Waals surface area (Å²) < 4.78 is 3.35. The van der Waals surface area contributed by atoms with Crippen molar-refractivity contribution in [1.82, 2.24) is 34.7 Å². The summed E-state index contributed by atoms with van der Waals surface area (Å²) in [6.07, 6.45) is 4.48. The first-order valence-corrected chi connectivity index (χ1v) is 9.03. The van der Waals surface area contributed by atoms with Crippen LogP contribution in [0.25, 0.3) is 27.9 Å². The summed E-state index contributed by atoms with van der Waals surface area (Å²) in [5.74, 6) is 0. The van der Waals surface area contributed by atoms with Crippen molar-refractivity contribution in [2.75, 3.05) is 13.1 Å². The quantitative estimate of drug-likeness (QED) is 0.584. The molecule has 0 bridgehead atoms. The molecule has 1 saturated heterocycles. The highest BCUT2D eigenvalue weighted by atomic mass is 16.1. The number of nitrogens with one attached hydrogen (secondary N) is 1. The van der Waals surface area contributed by atoms with Crippen LogP contribution in [0.3, 0.4) is 0 Å². The minimum atomic E-state index is -0.0925. The second kappa shape index (κ2) is 5.95. The van der Waals surface area contributed by atoms with Crippen molar-refractivity contribution >= 4 is 16.6 Å². The van der Waals surface area contributed by atoms with Crippen LogP contribution in [-0.2, 0) is 0 Å². The van der Waals surface area contributed by atoms with E-state index < -0.39 is 0 Å². The lowest BCUT2D eigenvalue weighted by molar-refractivity contribution is 0.469. The maximum Gasteiger partial charge on any atom is 0.276 e. The van der Waals surface area contributed by atoms with Gasteiger partial charge in [-0.15, -0.1) is 0 Å². The number of rotatable bonds is 2. The molecule has 1 fully saturated rings. The topological polar surface area (TPSA) is 90.0 Å². The van der Waals surface area contributed by atoms with Gasteiger partial charge in [0.05, 0.1) is 40.7 Å². The number of aromatic nitrogens is 6. The second-order valence-electron chi connectivity index (χ2n) is 7.03. The van der Waals surface area contributed by atoms with Crippen molar-refractivity contribution in [2.45, 2.75) is 26.3 Å². The van der Waals surface area contributed by atoms with E-state index in [0.717, 1.165) is 42.1 Å². The zero-order chi connectivity index (χ0) is 18.5. The van der Waals surface area contributed by atoms with E-state index in [2.05, 4.69) is 25.5 Å². The Balaban J connectivity index is 1.62. The average molecular weight is 361 g/mol. The van der Waals surface area contributed by atoms with Crippen molar-refractivity contribution in [3.05, 3.63) is 52.2 Å². The van der Waals surface area contributed by atoms with Crippen LogP contribution in [0.15, 0.2) is 35.4 Å². The summed E-state index contributed by atoms with van der Waals surface area (Å²) in [6, 6.07) is 5.74. The largest absolute Gasteiger partial charge is 0.315 e.